The molecule has 0 heterocycles. The van der Waals surface area contributed by atoms with Crippen molar-refractivity contribution in [1.82, 2.24) is 5.48 Å². The Labute approximate surface area is 125 Å². The third kappa shape index (κ3) is 7.36. The second-order valence-corrected chi connectivity index (χ2v) is 5.06. The summed E-state index contributed by atoms with van der Waals surface area (Å²) in [5.74, 6) is 0. The van der Waals surface area contributed by atoms with Crippen LogP contribution in [0.25, 0.3) is 0 Å². The standard InChI is InChI=1S/C15H23ClN2O2/c1-2-3-4-5-6-9-12-20-18-15(19)17-14-11-8-7-10-13(14)16/h7-8,10-11H,2-6,9,12H2,1H3,(H2,17,18,19). The van der Waals surface area contributed by atoms with Gasteiger partial charge in [0.1, 0.15) is 0 Å². The summed E-state index contributed by atoms with van der Waals surface area (Å²) >= 11 is 5.93. The smallest absolute Gasteiger partial charge is 0.305 e. The molecular formula is C15H23ClN2O2. The van der Waals surface area contributed by atoms with Crippen molar-refractivity contribution >= 4 is 23.3 Å². The minimum atomic E-state index is -0.413. The summed E-state index contributed by atoms with van der Waals surface area (Å²) in [6.45, 7) is 2.73. The fourth-order valence-electron chi connectivity index (χ4n) is 1.78. The monoisotopic (exact) mass is 298 g/mol. The number of benzene rings is 1. The zero-order valence-corrected chi connectivity index (χ0v) is 12.7. The highest BCUT2D eigenvalue weighted by molar-refractivity contribution is 6.33. The number of anilines is 1. The van der Waals surface area contributed by atoms with E-state index in [0.717, 1.165) is 12.8 Å². The van der Waals surface area contributed by atoms with E-state index < -0.39 is 6.03 Å². The lowest BCUT2D eigenvalue weighted by molar-refractivity contribution is 0.0631. The zero-order valence-electron chi connectivity index (χ0n) is 12.0. The molecule has 0 bridgehead atoms. The molecule has 0 radical (unpaired) electrons. The van der Waals surface area contributed by atoms with Crippen LogP contribution in [0.2, 0.25) is 5.02 Å². The number of carbonyl (C=O) groups is 1. The SMILES string of the molecule is CCCCCCCCONC(=O)Nc1ccccc1Cl. The fraction of sp³-hybridized carbons (Fsp3) is 0.533. The Kier molecular flexibility index (Phi) is 8.83. The van der Waals surface area contributed by atoms with Crippen LogP contribution < -0.4 is 10.8 Å². The molecule has 4 nitrogen and oxygen atoms in total. The highest BCUT2D eigenvalue weighted by Gasteiger charge is 2.04. The molecule has 0 aromatic heterocycles. The first-order chi connectivity index (χ1) is 9.74. The molecule has 0 aliphatic heterocycles. The van der Waals surface area contributed by atoms with Crippen molar-refractivity contribution in [3.8, 4) is 0 Å². The maximum absolute atomic E-state index is 11.5. The van der Waals surface area contributed by atoms with E-state index in [0.29, 0.717) is 17.3 Å². The number of amides is 2. The molecular weight excluding hydrogens is 276 g/mol. The van der Waals surface area contributed by atoms with Crippen LogP contribution in [-0.2, 0) is 4.84 Å². The number of unbranched alkanes of at least 4 members (excludes halogenated alkanes) is 5. The van der Waals surface area contributed by atoms with Crippen LogP contribution in [0.3, 0.4) is 0 Å². The number of hydrogen-bond acceptors (Lipinski definition) is 2. The number of hydrogen-bond donors (Lipinski definition) is 2. The predicted molar refractivity (Wildman–Crippen MR) is 82.9 cm³/mol. The molecule has 0 aliphatic carbocycles. The van der Waals surface area contributed by atoms with Gasteiger partial charge in [0.15, 0.2) is 0 Å². The highest BCUT2D eigenvalue weighted by atomic mass is 35.5. The maximum Gasteiger partial charge on any atom is 0.343 e. The number of halogens is 1. The Balaban J connectivity index is 2.05. The van der Waals surface area contributed by atoms with Crippen LogP contribution in [0.4, 0.5) is 10.5 Å². The fourth-order valence-corrected chi connectivity index (χ4v) is 1.96. The van der Waals surface area contributed by atoms with Crippen LogP contribution in [-0.4, -0.2) is 12.6 Å². The lowest BCUT2D eigenvalue weighted by Gasteiger charge is -2.08. The molecule has 1 aromatic carbocycles. The molecule has 5 heteroatoms. The van der Waals surface area contributed by atoms with E-state index in [1.807, 2.05) is 0 Å². The molecule has 1 aromatic rings. The average Bonchev–Trinajstić information content (AvgIpc) is 2.44. The summed E-state index contributed by atoms with van der Waals surface area (Å²) < 4.78 is 0. The van der Waals surface area contributed by atoms with Gasteiger partial charge in [0.25, 0.3) is 0 Å². The van der Waals surface area contributed by atoms with E-state index >= 15 is 0 Å². The van der Waals surface area contributed by atoms with E-state index in [4.69, 9.17) is 16.4 Å². The number of carbonyl (C=O) groups excluding carboxylic acids is 1. The number of nitrogens with one attached hydrogen (secondary N) is 2. The molecule has 1 rings (SSSR count). The Morgan fingerprint density at radius 2 is 1.85 bits per heavy atom. The van der Waals surface area contributed by atoms with Gasteiger partial charge in [-0.15, -0.1) is 0 Å². The molecule has 0 atom stereocenters. The Bertz CT molecular complexity index is 399. The van der Waals surface area contributed by atoms with Crippen LogP contribution in [0.1, 0.15) is 45.4 Å². The maximum atomic E-state index is 11.5. The first kappa shape index (κ1) is 16.8. The molecule has 20 heavy (non-hydrogen) atoms. The highest BCUT2D eigenvalue weighted by Crippen LogP contribution is 2.19. The summed E-state index contributed by atoms with van der Waals surface area (Å²) in [5.41, 5.74) is 2.92. The Morgan fingerprint density at radius 3 is 2.60 bits per heavy atom. The van der Waals surface area contributed by atoms with Gasteiger partial charge in [0.2, 0.25) is 0 Å². The predicted octanol–water partition coefficient (Wildman–Crippen LogP) is 4.75. The van der Waals surface area contributed by atoms with Crippen molar-refractivity contribution in [3.05, 3.63) is 29.3 Å². The van der Waals surface area contributed by atoms with Gasteiger partial charge >= 0.3 is 6.03 Å². The minimum Gasteiger partial charge on any atom is -0.305 e. The normalized spacial score (nSPS) is 10.3. The van der Waals surface area contributed by atoms with Gasteiger partial charge in [-0.1, -0.05) is 62.8 Å². The van der Waals surface area contributed by atoms with Crippen LogP contribution in [0, 0.1) is 0 Å². The Morgan fingerprint density at radius 1 is 1.15 bits per heavy atom. The topological polar surface area (TPSA) is 50.4 Å². The Hall–Kier alpha value is -1.26. The molecule has 0 fully saturated rings. The van der Waals surface area contributed by atoms with Gasteiger partial charge in [-0.3, -0.25) is 4.84 Å². The van der Waals surface area contributed by atoms with Gasteiger partial charge in [0, 0.05) is 0 Å². The lowest BCUT2D eigenvalue weighted by atomic mass is 10.1. The summed E-state index contributed by atoms with van der Waals surface area (Å²) in [7, 11) is 0. The molecule has 2 amide bonds. The molecule has 112 valence electrons. The van der Waals surface area contributed by atoms with E-state index in [2.05, 4.69) is 17.7 Å². The average molecular weight is 299 g/mol. The molecule has 2 N–H and O–H groups in total. The number of rotatable bonds is 9. The second kappa shape index (κ2) is 10.5. The van der Waals surface area contributed by atoms with Crippen molar-refractivity contribution in [2.45, 2.75) is 45.4 Å². The molecule has 0 spiro atoms. The van der Waals surface area contributed by atoms with E-state index in [9.17, 15) is 4.79 Å². The summed E-state index contributed by atoms with van der Waals surface area (Å²) in [4.78, 5) is 16.6. The van der Waals surface area contributed by atoms with Crippen molar-refractivity contribution < 1.29 is 9.63 Å². The van der Waals surface area contributed by atoms with Crippen LogP contribution >= 0.6 is 11.6 Å². The van der Waals surface area contributed by atoms with Crippen molar-refractivity contribution in [1.29, 1.82) is 0 Å². The van der Waals surface area contributed by atoms with Crippen molar-refractivity contribution in [3.63, 3.8) is 0 Å². The van der Waals surface area contributed by atoms with Crippen LogP contribution in [0.15, 0.2) is 24.3 Å². The number of hydroxylamine groups is 1. The molecule has 0 saturated heterocycles. The molecule has 0 unspecified atom stereocenters. The summed E-state index contributed by atoms with van der Waals surface area (Å²) in [5, 5.41) is 3.12. The molecule has 0 saturated carbocycles. The lowest BCUT2D eigenvalue weighted by Crippen LogP contribution is -2.29. The van der Waals surface area contributed by atoms with Crippen LogP contribution in [0.5, 0.6) is 0 Å². The summed E-state index contributed by atoms with van der Waals surface area (Å²) in [6, 6.07) is 6.65. The largest absolute Gasteiger partial charge is 0.343 e. The van der Waals surface area contributed by atoms with Gasteiger partial charge < -0.3 is 5.32 Å². The number of urea groups is 1. The summed E-state index contributed by atoms with van der Waals surface area (Å²) in [6.07, 6.45) is 7.13. The quantitative estimate of drug-likeness (QED) is 0.510. The zero-order chi connectivity index (χ0) is 14.6. The third-order valence-corrected chi connectivity index (χ3v) is 3.22. The van der Waals surface area contributed by atoms with Gasteiger partial charge in [-0.05, 0) is 18.6 Å². The van der Waals surface area contributed by atoms with E-state index in [1.165, 1.54) is 25.7 Å². The minimum absolute atomic E-state index is 0.413. The third-order valence-electron chi connectivity index (χ3n) is 2.89. The van der Waals surface area contributed by atoms with E-state index in [-0.39, 0.29) is 0 Å². The van der Waals surface area contributed by atoms with Gasteiger partial charge in [0.05, 0.1) is 17.3 Å². The van der Waals surface area contributed by atoms with Gasteiger partial charge in [-0.2, -0.15) is 0 Å². The molecule has 0 aliphatic rings. The first-order valence-electron chi connectivity index (χ1n) is 7.17. The van der Waals surface area contributed by atoms with Crippen molar-refractivity contribution in [2.75, 3.05) is 11.9 Å². The number of para-hydroxylation sites is 1. The van der Waals surface area contributed by atoms with Crippen molar-refractivity contribution in [2.24, 2.45) is 0 Å². The second-order valence-electron chi connectivity index (χ2n) is 4.65. The van der Waals surface area contributed by atoms with Gasteiger partial charge in [-0.25, -0.2) is 10.3 Å². The van der Waals surface area contributed by atoms with E-state index in [1.54, 1.807) is 24.3 Å². The first-order valence-corrected chi connectivity index (χ1v) is 7.55.